The van der Waals surface area contributed by atoms with Crippen LogP contribution in [0.4, 0.5) is 11.4 Å². The van der Waals surface area contributed by atoms with Gasteiger partial charge in [0.2, 0.25) is 0 Å². The van der Waals surface area contributed by atoms with Gasteiger partial charge in [-0.3, -0.25) is 0 Å². The molecule has 1 fully saturated rings. The van der Waals surface area contributed by atoms with E-state index in [-0.39, 0.29) is 0 Å². The lowest BCUT2D eigenvalue weighted by atomic mass is 10.2. The summed E-state index contributed by atoms with van der Waals surface area (Å²) in [6, 6.07) is 4.15. The highest BCUT2D eigenvalue weighted by Gasteiger charge is 2.31. The molecule has 88 valence electrons. The molecule has 0 unspecified atom stereocenters. The van der Waals surface area contributed by atoms with Crippen LogP contribution >= 0.6 is 23.2 Å². The van der Waals surface area contributed by atoms with E-state index in [1.54, 1.807) is 12.1 Å². The molecule has 0 aromatic heterocycles. The number of nitrogens with zero attached hydrogens (tertiary/aromatic N) is 1. The first-order chi connectivity index (χ1) is 7.63. The summed E-state index contributed by atoms with van der Waals surface area (Å²) in [6.45, 7) is 3.16. The second-order valence-electron chi connectivity index (χ2n) is 4.26. The van der Waals surface area contributed by atoms with Gasteiger partial charge in [-0.25, -0.2) is 0 Å². The van der Waals surface area contributed by atoms with E-state index >= 15 is 0 Å². The second kappa shape index (κ2) is 4.72. The average Bonchev–Trinajstić information content (AvgIpc) is 2.97. The van der Waals surface area contributed by atoms with Crippen LogP contribution in [0.25, 0.3) is 0 Å². The molecule has 0 bridgehead atoms. The topological polar surface area (TPSA) is 29.3 Å². The van der Waals surface area contributed by atoms with Crippen LogP contribution in [0.5, 0.6) is 0 Å². The maximum atomic E-state index is 6.23. The molecule has 1 aliphatic rings. The van der Waals surface area contributed by atoms with E-state index in [1.807, 2.05) is 0 Å². The fourth-order valence-electron chi connectivity index (χ4n) is 1.96. The Morgan fingerprint density at radius 3 is 2.31 bits per heavy atom. The van der Waals surface area contributed by atoms with E-state index in [0.717, 1.165) is 18.7 Å². The second-order valence-corrected chi connectivity index (χ2v) is 5.07. The van der Waals surface area contributed by atoms with Crippen LogP contribution in [0.2, 0.25) is 10.0 Å². The zero-order valence-corrected chi connectivity index (χ0v) is 10.9. The van der Waals surface area contributed by atoms with E-state index in [4.69, 9.17) is 28.9 Å². The summed E-state index contributed by atoms with van der Waals surface area (Å²) in [4.78, 5) is 2.31. The Hall–Kier alpha value is -0.600. The van der Waals surface area contributed by atoms with Gasteiger partial charge in [-0.05, 0) is 31.4 Å². The van der Waals surface area contributed by atoms with E-state index in [0.29, 0.717) is 21.8 Å². The van der Waals surface area contributed by atoms with Gasteiger partial charge >= 0.3 is 0 Å². The molecule has 0 aliphatic heterocycles. The lowest BCUT2D eigenvalue weighted by molar-refractivity contribution is 0.763. The van der Waals surface area contributed by atoms with Crippen LogP contribution in [0.1, 0.15) is 26.2 Å². The van der Waals surface area contributed by atoms with Gasteiger partial charge in [0.1, 0.15) is 0 Å². The van der Waals surface area contributed by atoms with Gasteiger partial charge in [0, 0.05) is 18.3 Å². The predicted octanol–water partition coefficient (Wildman–Crippen LogP) is 3.95. The molecule has 1 aliphatic carbocycles. The van der Waals surface area contributed by atoms with Crippen LogP contribution in [0, 0.1) is 0 Å². The lowest BCUT2D eigenvalue weighted by Crippen LogP contribution is -2.27. The molecular weight excluding hydrogens is 243 g/mol. The number of hydrogen-bond acceptors (Lipinski definition) is 2. The van der Waals surface area contributed by atoms with Gasteiger partial charge in [-0.2, -0.15) is 0 Å². The number of nitrogen functional groups attached to an aromatic ring is 1. The summed E-state index contributed by atoms with van der Waals surface area (Å²) in [6.07, 6.45) is 3.56. The first kappa shape index (κ1) is 11.9. The molecule has 2 rings (SSSR count). The Kier molecular flexibility index (Phi) is 3.50. The van der Waals surface area contributed by atoms with Crippen molar-refractivity contribution >= 4 is 34.6 Å². The Labute approximate surface area is 106 Å². The fourth-order valence-corrected chi connectivity index (χ4v) is 2.68. The van der Waals surface area contributed by atoms with E-state index in [9.17, 15) is 0 Å². The Morgan fingerprint density at radius 2 is 1.88 bits per heavy atom. The molecule has 1 saturated carbocycles. The van der Waals surface area contributed by atoms with Gasteiger partial charge < -0.3 is 10.6 Å². The summed E-state index contributed by atoms with van der Waals surface area (Å²) in [5, 5.41) is 1.32. The van der Waals surface area contributed by atoms with Crippen molar-refractivity contribution in [3.05, 3.63) is 22.2 Å². The predicted molar refractivity (Wildman–Crippen MR) is 71.5 cm³/mol. The first-order valence-electron chi connectivity index (χ1n) is 5.64. The number of anilines is 2. The maximum absolute atomic E-state index is 6.23. The van der Waals surface area contributed by atoms with Crippen LogP contribution in [0.3, 0.4) is 0 Å². The molecule has 4 heteroatoms. The minimum Gasteiger partial charge on any atom is -0.399 e. The molecule has 1 aromatic rings. The molecular formula is C12H16Cl2N2. The molecule has 0 atom stereocenters. The van der Waals surface area contributed by atoms with Gasteiger partial charge in [0.25, 0.3) is 0 Å². The van der Waals surface area contributed by atoms with Crippen molar-refractivity contribution in [2.45, 2.75) is 32.2 Å². The van der Waals surface area contributed by atoms with Crippen LogP contribution in [-0.4, -0.2) is 12.6 Å². The Bertz CT molecular complexity index is 366. The molecule has 0 amide bonds. The zero-order chi connectivity index (χ0) is 11.7. The number of rotatable bonds is 4. The maximum Gasteiger partial charge on any atom is 0.0749 e. The average molecular weight is 259 g/mol. The molecule has 2 nitrogen and oxygen atoms in total. The summed E-state index contributed by atoms with van der Waals surface area (Å²) in [7, 11) is 0. The highest BCUT2D eigenvalue weighted by atomic mass is 35.5. The quantitative estimate of drug-likeness (QED) is 0.829. The third-order valence-corrected chi connectivity index (χ3v) is 3.35. The molecule has 16 heavy (non-hydrogen) atoms. The van der Waals surface area contributed by atoms with Gasteiger partial charge in [0.05, 0.1) is 15.7 Å². The number of halogens is 2. The fraction of sp³-hybridized carbons (Fsp3) is 0.500. The summed E-state index contributed by atoms with van der Waals surface area (Å²) in [5.41, 5.74) is 7.27. The largest absolute Gasteiger partial charge is 0.399 e. The summed E-state index contributed by atoms with van der Waals surface area (Å²) >= 11 is 12.5. The standard InChI is InChI=1S/C12H16Cl2N2/c1-2-5-16(9-3-4-9)12-10(13)6-8(15)7-11(12)14/h6-7,9H,2-5,15H2,1H3. The smallest absolute Gasteiger partial charge is 0.0749 e. The van der Waals surface area contributed by atoms with E-state index in [2.05, 4.69) is 11.8 Å². The van der Waals surface area contributed by atoms with Gasteiger partial charge in [-0.1, -0.05) is 30.1 Å². The van der Waals surface area contributed by atoms with Crippen molar-refractivity contribution in [3.63, 3.8) is 0 Å². The van der Waals surface area contributed by atoms with Crippen molar-refractivity contribution in [2.75, 3.05) is 17.2 Å². The normalized spacial score (nSPS) is 15.2. The molecule has 0 radical (unpaired) electrons. The minimum atomic E-state index is 0.610. The molecule has 2 N–H and O–H groups in total. The number of nitrogens with two attached hydrogens (primary N) is 1. The summed E-state index contributed by atoms with van der Waals surface area (Å²) in [5.74, 6) is 0. The monoisotopic (exact) mass is 258 g/mol. The van der Waals surface area contributed by atoms with Crippen molar-refractivity contribution in [1.82, 2.24) is 0 Å². The van der Waals surface area contributed by atoms with E-state index in [1.165, 1.54) is 12.8 Å². The highest BCUT2D eigenvalue weighted by molar-refractivity contribution is 6.39. The Balaban J connectivity index is 2.36. The lowest BCUT2D eigenvalue weighted by Gasteiger charge is -2.26. The van der Waals surface area contributed by atoms with E-state index < -0.39 is 0 Å². The highest BCUT2D eigenvalue weighted by Crippen LogP contribution is 2.41. The van der Waals surface area contributed by atoms with Crippen molar-refractivity contribution in [2.24, 2.45) is 0 Å². The molecule has 0 saturated heterocycles. The third-order valence-electron chi connectivity index (χ3n) is 2.78. The Morgan fingerprint density at radius 1 is 1.31 bits per heavy atom. The van der Waals surface area contributed by atoms with Gasteiger partial charge in [0.15, 0.2) is 0 Å². The first-order valence-corrected chi connectivity index (χ1v) is 6.40. The SMILES string of the molecule is CCCN(c1c(Cl)cc(N)cc1Cl)C1CC1. The van der Waals surface area contributed by atoms with Gasteiger partial charge in [-0.15, -0.1) is 0 Å². The van der Waals surface area contributed by atoms with Crippen molar-refractivity contribution < 1.29 is 0 Å². The third kappa shape index (κ3) is 2.38. The number of benzene rings is 1. The van der Waals surface area contributed by atoms with Crippen LogP contribution < -0.4 is 10.6 Å². The van der Waals surface area contributed by atoms with Crippen molar-refractivity contribution in [3.8, 4) is 0 Å². The van der Waals surface area contributed by atoms with Crippen molar-refractivity contribution in [1.29, 1.82) is 0 Å². The van der Waals surface area contributed by atoms with Crippen LogP contribution in [-0.2, 0) is 0 Å². The molecule has 0 spiro atoms. The van der Waals surface area contributed by atoms with Crippen LogP contribution in [0.15, 0.2) is 12.1 Å². The molecule has 0 heterocycles. The number of hydrogen-bond donors (Lipinski definition) is 1. The summed E-state index contributed by atoms with van der Waals surface area (Å²) < 4.78 is 0. The zero-order valence-electron chi connectivity index (χ0n) is 9.34. The molecule has 1 aromatic carbocycles. The minimum absolute atomic E-state index is 0.610.